The SMILES string of the molecule is C=C(CCN1CCOCC1)N(/C=C(\CC)c1cnc(N)c(C(F)(F)F)c1)C(=C)C(C)CC. The second-order valence-corrected chi connectivity index (χ2v) is 8.10. The second-order valence-electron chi connectivity index (χ2n) is 8.10. The van der Waals surface area contributed by atoms with Crippen LogP contribution in [-0.2, 0) is 10.9 Å². The zero-order valence-electron chi connectivity index (χ0n) is 19.3. The monoisotopic (exact) mass is 452 g/mol. The van der Waals surface area contributed by atoms with E-state index in [1.54, 1.807) is 0 Å². The minimum Gasteiger partial charge on any atom is -0.383 e. The van der Waals surface area contributed by atoms with Crippen molar-refractivity contribution < 1.29 is 17.9 Å². The molecule has 1 aromatic heterocycles. The first kappa shape index (κ1) is 25.9. The summed E-state index contributed by atoms with van der Waals surface area (Å²) in [5.74, 6) is -0.327. The lowest BCUT2D eigenvalue weighted by Gasteiger charge is -2.32. The molecule has 0 aliphatic carbocycles. The van der Waals surface area contributed by atoms with E-state index in [0.717, 1.165) is 63.2 Å². The lowest BCUT2D eigenvalue weighted by molar-refractivity contribution is -0.137. The van der Waals surface area contributed by atoms with Crippen molar-refractivity contribution in [2.45, 2.75) is 46.2 Å². The highest BCUT2D eigenvalue weighted by atomic mass is 19.4. The Bertz CT molecular complexity index is 829. The zero-order valence-corrected chi connectivity index (χ0v) is 19.3. The third-order valence-corrected chi connectivity index (χ3v) is 5.91. The molecule has 1 aliphatic rings. The standard InChI is InChI=1S/C24H35F3N4O/c1-6-17(3)19(5)31(18(4)8-9-30-10-12-32-13-11-30)16-20(7-2)21-14-22(24(25,26)27)23(28)29-15-21/h14-17H,4-13H2,1-3H3,(H2,28,29)/b20-16+. The Balaban J connectivity index is 2.34. The fourth-order valence-electron chi connectivity index (χ4n) is 3.49. The van der Waals surface area contributed by atoms with Gasteiger partial charge in [-0.2, -0.15) is 13.2 Å². The van der Waals surface area contributed by atoms with Gasteiger partial charge in [0.1, 0.15) is 5.82 Å². The molecule has 1 aliphatic heterocycles. The van der Waals surface area contributed by atoms with Crippen molar-refractivity contribution in [3.63, 3.8) is 0 Å². The number of allylic oxidation sites excluding steroid dienone is 2. The maximum absolute atomic E-state index is 13.4. The number of ether oxygens (including phenoxy) is 1. The number of hydrogen-bond acceptors (Lipinski definition) is 5. The normalized spacial score (nSPS) is 16.6. The number of nitrogen functional groups attached to an aromatic ring is 1. The summed E-state index contributed by atoms with van der Waals surface area (Å²) in [6, 6.07) is 1.07. The van der Waals surface area contributed by atoms with Gasteiger partial charge in [-0.15, -0.1) is 0 Å². The smallest absolute Gasteiger partial charge is 0.383 e. The van der Waals surface area contributed by atoms with Crippen molar-refractivity contribution in [2.24, 2.45) is 5.92 Å². The number of alkyl halides is 3. The van der Waals surface area contributed by atoms with Crippen molar-refractivity contribution >= 4 is 11.4 Å². The molecule has 2 heterocycles. The molecule has 0 amide bonds. The first-order valence-corrected chi connectivity index (χ1v) is 11.1. The molecule has 2 rings (SSSR count). The first-order chi connectivity index (χ1) is 15.1. The summed E-state index contributed by atoms with van der Waals surface area (Å²) in [6.45, 7) is 18.6. The molecule has 178 valence electrons. The molecule has 1 unspecified atom stereocenters. The van der Waals surface area contributed by atoms with Gasteiger partial charge in [0, 0.05) is 49.8 Å². The number of nitrogens with zero attached hydrogens (tertiary/aromatic N) is 3. The number of halogens is 3. The fourth-order valence-corrected chi connectivity index (χ4v) is 3.49. The number of pyridine rings is 1. The minimum absolute atomic E-state index is 0.194. The third kappa shape index (κ3) is 6.84. The zero-order chi connectivity index (χ0) is 23.9. The molecule has 0 radical (unpaired) electrons. The molecular formula is C24H35F3N4O. The predicted molar refractivity (Wildman–Crippen MR) is 123 cm³/mol. The summed E-state index contributed by atoms with van der Waals surface area (Å²) in [4.78, 5) is 8.06. The lowest BCUT2D eigenvalue weighted by Crippen LogP contribution is -2.37. The van der Waals surface area contributed by atoms with Gasteiger partial charge >= 0.3 is 6.18 Å². The Hall–Kier alpha value is -2.32. The molecule has 5 nitrogen and oxygen atoms in total. The summed E-state index contributed by atoms with van der Waals surface area (Å²) in [5.41, 5.74) is 7.37. The molecular weight excluding hydrogens is 417 g/mol. The highest BCUT2D eigenvalue weighted by Gasteiger charge is 2.34. The van der Waals surface area contributed by atoms with E-state index in [1.165, 1.54) is 6.20 Å². The van der Waals surface area contributed by atoms with Crippen molar-refractivity contribution in [3.05, 3.63) is 54.1 Å². The van der Waals surface area contributed by atoms with Gasteiger partial charge in [0.25, 0.3) is 0 Å². The highest BCUT2D eigenvalue weighted by Crippen LogP contribution is 2.35. The minimum atomic E-state index is -4.56. The van der Waals surface area contributed by atoms with E-state index in [0.29, 0.717) is 17.6 Å². The molecule has 32 heavy (non-hydrogen) atoms. The van der Waals surface area contributed by atoms with Crippen LogP contribution in [0.4, 0.5) is 19.0 Å². The summed E-state index contributed by atoms with van der Waals surface area (Å²) < 4.78 is 45.5. The van der Waals surface area contributed by atoms with E-state index < -0.39 is 17.6 Å². The molecule has 0 saturated carbocycles. The van der Waals surface area contributed by atoms with E-state index in [2.05, 4.69) is 36.9 Å². The largest absolute Gasteiger partial charge is 0.419 e. The lowest BCUT2D eigenvalue weighted by atomic mass is 10.0. The van der Waals surface area contributed by atoms with Crippen LogP contribution in [0.5, 0.6) is 0 Å². The Labute approximate surface area is 189 Å². The van der Waals surface area contributed by atoms with Gasteiger partial charge < -0.3 is 15.4 Å². The molecule has 0 bridgehead atoms. The maximum atomic E-state index is 13.4. The van der Waals surface area contributed by atoms with E-state index in [4.69, 9.17) is 10.5 Å². The number of aromatic nitrogens is 1. The Morgan fingerprint density at radius 2 is 1.97 bits per heavy atom. The fraction of sp³-hybridized carbons (Fsp3) is 0.542. The third-order valence-electron chi connectivity index (χ3n) is 5.91. The van der Waals surface area contributed by atoms with Gasteiger partial charge in [0.2, 0.25) is 0 Å². The Morgan fingerprint density at radius 3 is 2.53 bits per heavy atom. The van der Waals surface area contributed by atoms with Crippen LogP contribution < -0.4 is 5.73 Å². The number of anilines is 1. The van der Waals surface area contributed by atoms with E-state index in [-0.39, 0.29) is 5.92 Å². The molecule has 0 aromatic carbocycles. The van der Waals surface area contributed by atoms with Crippen LogP contribution in [-0.4, -0.2) is 47.6 Å². The molecule has 1 aromatic rings. The van der Waals surface area contributed by atoms with E-state index in [1.807, 2.05) is 18.0 Å². The Kier molecular flexibility index (Phi) is 9.33. The van der Waals surface area contributed by atoms with Gasteiger partial charge in [0.15, 0.2) is 0 Å². The predicted octanol–water partition coefficient (Wildman–Crippen LogP) is 5.53. The summed E-state index contributed by atoms with van der Waals surface area (Å²) in [5, 5.41) is 0. The van der Waals surface area contributed by atoms with Gasteiger partial charge in [-0.25, -0.2) is 4.98 Å². The molecule has 0 spiro atoms. The number of hydrogen-bond donors (Lipinski definition) is 1. The van der Waals surface area contributed by atoms with Crippen molar-refractivity contribution in [1.29, 1.82) is 0 Å². The van der Waals surface area contributed by atoms with Crippen molar-refractivity contribution in [3.8, 4) is 0 Å². The molecule has 8 heteroatoms. The summed E-state index contributed by atoms with van der Waals surface area (Å²) in [6.07, 6.45) is 0.807. The second kappa shape index (κ2) is 11.5. The van der Waals surface area contributed by atoms with Crippen LogP contribution in [0.25, 0.3) is 5.57 Å². The maximum Gasteiger partial charge on any atom is 0.419 e. The van der Waals surface area contributed by atoms with Crippen LogP contribution >= 0.6 is 0 Å². The molecule has 2 N–H and O–H groups in total. The van der Waals surface area contributed by atoms with Gasteiger partial charge in [-0.05, 0) is 36.0 Å². The highest BCUT2D eigenvalue weighted by molar-refractivity contribution is 5.67. The van der Waals surface area contributed by atoms with Crippen LogP contribution in [0.15, 0.2) is 43.0 Å². The van der Waals surface area contributed by atoms with Gasteiger partial charge in [0.05, 0.1) is 18.8 Å². The van der Waals surface area contributed by atoms with Crippen LogP contribution in [0.2, 0.25) is 0 Å². The Morgan fingerprint density at radius 1 is 1.31 bits per heavy atom. The van der Waals surface area contributed by atoms with Crippen LogP contribution in [0.3, 0.4) is 0 Å². The van der Waals surface area contributed by atoms with Crippen molar-refractivity contribution in [1.82, 2.24) is 14.8 Å². The van der Waals surface area contributed by atoms with Gasteiger partial charge in [-0.1, -0.05) is 33.9 Å². The summed E-state index contributed by atoms with van der Waals surface area (Å²) >= 11 is 0. The van der Waals surface area contributed by atoms with E-state index >= 15 is 0 Å². The van der Waals surface area contributed by atoms with Crippen molar-refractivity contribution in [2.75, 3.05) is 38.6 Å². The first-order valence-electron chi connectivity index (χ1n) is 11.1. The molecule has 1 fully saturated rings. The average molecular weight is 453 g/mol. The quantitative estimate of drug-likeness (QED) is 0.506. The number of rotatable bonds is 10. The van der Waals surface area contributed by atoms with E-state index in [9.17, 15) is 13.2 Å². The molecule has 1 saturated heterocycles. The number of nitrogens with two attached hydrogens (primary N) is 1. The van der Waals surface area contributed by atoms with Crippen LogP contribution in [0.1, 0.15) is 51.2 Å². The van der Waals surface area contributed by atoms with Crippen LogP contribution in [0, 0.1) is 5.92 Å². The van der Waals surface area contributed by atoms with Gasteiger partial charge in [-0.3, -0.25) is 4.90 Å². The number of morpholine rings is 1. The topological polar surface area (TPSA) is 54.6 Å². The molecule has 1 atom stereocenters. The average Bonchev–Trinajstić information content (AvgIpc) is 2.77. The summed E-state index contributed by atoms with van der Waals surface area (Å²) in [7, 11) is 0.